The first-order valence-corrected chi connectivity index (χ1v) is 22.9. The van der Waals surface area contributed by atoms with Crippen molar-refractivity contribution >= 4 is 45.3 Å². The van der Waals surface area contributed by atoms with E-state index >= 15 is 0 Å². The van der Waals surface area contributed by atoms with Crippen LogP contribution in [0.5, 0.6) is 11.5 Å². The Morgan fingerprint density at radius 3 is 1.95 bits per heavy atom. The van der Waals surface area contributed by atoms with Gasteiger partial charge in [-0.15, -0.1) is 0 Å². The zero-order valence-electron chi connectivity index (χ0n) is 36.6. The maximum Gasteiger partial charge on any atom is 0.227 e. The van der Waals surface area contributed by atoms with Crippen molar-refractivity contribution in [1.82, 2.24) is 39.9 Å². The van der Waals surface area contributed by atoms with Crippen molar-refractivity contribution in [2.75, 3.05) is 72.6 Å². The van der Waals surface area contributed by atoms with Gasteiger partial charge in [-0.25, -0.2) is 34.3 Å². The second-order valence-electron chi connectivity index (χ2n) is 17.3. The van der Waals surface area contributed by atoms with E-state index in [0.717, 1.165) is 109 Å². The van der Waals surface area contributed by atoms with E-state index in [2.05, 4.69) is 64.2 Å². The maximum atomic E-state index is 13.8. The minimum Gasteiger partial charge on any atom is -0.488 e. The van der Waals surface area contributed by atoms with Gasteiger partial charge in [0.05, 0.1) is 61.5 Å². The zero-order chi connectivity index (χ0) is 44.1. The first-order chi connectivity index (χ1) is 31.9. The number of aliphatic hydroxyl groups excluding tert-OH is 1. The number of ether oxygens (including phenoxy) is 4. The number of aliphatic hydroxyl groups is 1. The summed E-state index contributed by atoms with van der Waals surface area (Å²) in [6, 6.07) is 8.63. The fourth-order valence-electron chi connectivity index (χ4n) is 9.55. The van der Waals surface area contributed by atoms with E-state index in [1.54, 1.807) is 44.1 Å². The summed E-state index contributed by atoms with van der Waals surface area (Å²) in [7, 11) is 0. The molecule has 4 fully saturated rings. The van der Waals surface area contributed by atoms with Gasteiger partial charge in [0.1, 0.15) is 28.8 Å². The molecule has 2 saturated carbocycles. The molecule has 1 unspecified atom stereocenters. The van der Waals surface area contributed by atoms with Gasteiger partial charge in [0.2, 0.25) is 11.9 Å². The molecule has 2 N–H and O–H groups in total. The monoisotopic (exact) mass is 886 g/mol. The highest BCUT2D eigenvalue weighted by atomic mass is 19.1. The molecule has 65 heavy (non-hydrogen) atoms. The summed E-state index contributed by atoms with van der Waals surface area (Å²) in [6.45, 7) is 6.42. The largest absolute Gasteiger partial charge is 0.488 e. The number of nitrogens with zero attached hydrogens (tertiary/aromatic N) is 11. The molecule has 4 aromatic heterocycles. The van der Waals surface area contributed by atoms with E-state index in [1.165, 1.54) is 6.20 Å². The molecule has 0 spiro atoms. The topological polar surface area (TPSA) is 182 Å². The van der Waals surface area contributed by atoms with Gasteiger partial charge in [-0.3, -0.25) is 9.97 Å². The molecule has 2 saturated heterocycles. The van der Waals surface area contributed by atoms with Crippen molar-refractivity contribution in [3.63, 3.8) is 0 Å². The number of aryl methyl sites for hydroxylation is 1. The van der Waals surface area contributed by atoms with Crippen molar-refractivity contribution in [2.24, 2.45) is 0 Å². The standard InChI is InChI=1S/C47H55FN12O5/c1-30-38(48)28-53-46(56-30)57-32-2-6-36(7-3-32)64-42-25-35(23-40-45(42)52-14-12-50-40)59-17-21-63-43(29-59)60(47-54-26-31(10-18-61)27-55-47)33-4-8-37(9-5-33)65-41-24-34(58-15-19-62-20-16-58)22-39-44(41)51-13-11-49-39/h11-14,22-28,32-33,36-37,43,61H,2-10,15-21,29H2,1H3,(H,53,56,57). The Hall–Kier alpha value is -6.11. The summed E-state index contributed by atoms with van der Waals surface area (Å²) in [5.74, 6) is 2.09. The Balaban J connectivity index is 0.849. The van der Waals surface area contributed by atoms with Gasteiger partial charge in [-0.2, -0.15) is 0 Å². The van der Waals surface area contributed by atoms with E-state index < -0.39 is 5.82 Å². The van der Waals surface area contributed by atoms with Crippen molar-refractivity contribution in [3.05, 3.63) is 84.7 Å². The second-order valence-corrected chi connectivity index (χ2v) is 17.3. The maximum absolute atomic E-state index is 13.8. The van der Waals surface area contributed by atoms with Gasteiger partial charge < -0.3 is 44.1 Å². The van der Waals surface area contributed by atoms with Crippen LogP contribution in [0.1, 0.15) is 62.6 Å². The van der Waals surface area contributed by atoms with E-state index in [1.807, 2.05) is 0 Å². The Bertz CT molecular complexity index is 2550. The molecule has 18 heteroatoms. The first kappa shape index (κ1) is 42.8. The smallest absolute Gasteiger partial charge is 0.227 e. The van der Waals surface area contributed by atoms with Crippen LogP contribution in [-0.4, -0.2) is 128 Å². The van der Waals surface area contributed by atoms with Crippen molar-refractivity contribution in [1.29, 1.82) is 0 Å². The molecule has 2 aliphatic carbocycles. The van der Waals surface area contributed by atoms with Crippen LogP contribution in [0.3, 0.4) is 0 Å². The SMILES string of the molecule is Cc1nc(NC2CCC(Oc3cc(N4CCOC(N(c5ncc(CCO)cn5)C5CCC(Oc6cc(N7CCOCC7)cc7nccnc67)CC5)C4)cc4nccnc34)CC2)ncc1F. The number of rotatable bonds is 13. The summed E-state index contributed by atoms with van der Waals surface area (Å²) in [6.07, 6.45) is 18.5. The van der Waals surface area contributed by atoms with Gasteiger partial charge in [0.25, 0.3) is 0 Å². The Morgan fingerprint density at radius 2 is 1.32 bits per heavy atom. The minimum atomic E-state index is -0.411. The summed E-state index contributed by atoms with van der Waals surface area (Å²) in [5, 5.41) is 13.0. The van der Waals surface area contributed by atoms with Crippen LogP contribution in [0.2, 0.25) is 0 Å². The molecule has 2 aliphatic heterocycles. The fourth-order valence-corrected chi connectivity index (χ4v) is 9.55. The Morgan fingerprint density at radius 1 is 0.723 bits per heavy atom. The highest BCUT2D eigenvalue weighted by molar-refractivity contribution is 5.86. The van der Waals surface area contributed by atoms with Crippen LogP contribution in [0, 0.1) is 12.7 Å². The number of halogens is 1. The number of benzene rings is 2. The second kappa shape index (κ2) is 19.6. The molecule has 10 rings (SSSR count). The molecule has 0 radical (unpaired) electrons. The number of morpholine rings is 2. The predicted molar refractivity (Wildman–Crippen MR) is 243 cm³/mol. The van der Waals surface area contributed by atoms with Crippen LogP contribution < -0.4 is 29.5 Å². The average Bonchev–Trinajstić information content (AvgIpc) is 3.35. The van der Waals surface area contributed by atoms with Gasteiger partial charge in [0.15, 0.2) is 5.82 Å². The van der Waals surface area contributed by atoms with Crippen LogP contribution in [-0.2, 0) is 15.9 Å². The molecular weight excluding hydrogens is 832 g/mol. The summed E-state index contributed by atoms with van der Waals surface area (Å²) in [5.41, 5.74) is 6.31. The molecule has 6 aromatic rings. The van der Waals surface area contributed by atoms with E-state index in [4.69, 9.17) is 38.9 Å². The van der Waals surface area contributed by atoms with Crippen LogP contribution >= 0.6 is 0 Å². The number of nitrogens with one attached hydrogen (secondary N) is 1. The third kappa shape index (κ3) is 9.79. The fraction of sp³-hybridized carbons (Fsp3) is 0.489. The lowest BCUT2D eigenvalue weighted by molar-refractivity contribution is 0.0258. The predicted octanol–water partition coefficient (Wildman–Crippen LogP) is 5.83. The molecule has 0 amide bonds. The van der Waals surface area contributed by atoms with Gasteiger partial charge in [-0.1, -0.05) is 0 Å². The number of fused-ring (bicyclic) bond motifs is 2. The van der Waals surface area contributed by atoms with E-state index in [-0.39, 0.29) is 37.1 Å². The summed E-state index contributed by atoms with van der Waals surface area (Å²) in [4.78, 5) is 43.8. The highest BCUT2D eigenvalue weighted by Gasteiger charge is 2.37. The third-order valence-corrected chi connectivity index (χ3v) is 13.0. The summed E-state index contributed by atoms with van der Waals surface area (Å²) >= 11 is 0. The van der Waals surface area contributed by atoms with Crippen molar-refractivity contribution in [3.8, 4) is 11.5 Å². The number of hydrogen-bond acceptors (Lipinski definition) is 17. The lowest BCUT2D eigenvalue weighted by Crippen LogP contribution is -2.56. The third-order valence-electron chi connectivity index (χ3n) is 13.0. The van der Waals surface area contributed by atoms with Crippen LogP contribution in [0.25, 0.3) is 22.1 Å². The van der Waals surface area contributed by atoms with Gasteiger partial charge in [-0.05, 0) is 82.4 Å². The molecular formula is C47H55FN12O5. The highest BCUT2D eigenvalue weighted by Crippen LogP contribution is 2.37. The van der Waals surface area contributed by atoms with Crippen LogP contribution in [0.4, 0.5) is 27.7 Å². The lowest BCUT2D eigenvalue weighted by atomic mass is 9.91. The quantitative estimate of drug-likeness (QED) is 0.141. The number of anilines is 4. The van der Waals surface area contributed by atoms with Crippen molar-refractivity contribution in [2.45, 2.75) is 95.2 Å². The molecule has 2 aromatic carbocycles. The van der Waals surface area contributed by atoms with Crippen molar-refractivity contribution < 1.29 is 28.4 Å². The number of aromatic nitrogens is 8. The van der Waals surface area contributed by atoms with Crippen LogP contribution in [0.15, 0.2) is 67.6 Å². The average molecular weight is 887 g/mol. The molecule has 17 nitrogen and oxygen atoms in total. The molecule has 1 atom stereocenters. The van der Waals surface area contributed by atoms with Gasteiger partial charge >= 0.3 is 0 Å². The summed E-state index contributed by atoms with van der Waals surface area (Å²) < 4.78 is 39.6. The Labute approximate surface area is 376 Å². The molecule has 340 valence electrons. The molecule has 4 aliphatic rings. The first-order valence-electron chi connectivity index (χ1n) is 22.9. The van der Waals surface area contributed by atoms with E-state index in [9.17, 15) is 9.50 Å². The minimum absolute atomic E-state index is 0.00797. The molecule has 6 heterocycles. The number of hydrogen-bond donors (Lipinski definition) is 2. The normalized spacial score (nSPS) is 22.8. The van der Waals surface area contributed by atoms with E-state index in [0.29, 0.717) is 62.7 Å². The van der Waals surface area contributed by atoms with Gasteiger partial charge in [0, 0.05) is 99.0 Å². The lowest BCUT2D eigenvalue weighted by Gasteiger charge is -2.45. The Kier molecular flexibility index (Phi) is 12.9. The molecule has 0 bridgehead atoms. The zero-order valence-corrected chi connectivity index (χ0v) is 36.6.